The van der Waals surface area contributed by atoms with Gasteiger partial charge in [-0.05, 0) is 30.9 Å². The lowest BCUT2D eigenvalue weighted by Crippen LogP contribution is -2.44. The Bertz CT molecular complexity index is 755. The number of benzene rings is 1. The van der Waals surface area contributed by atoms with Crippen molar-refractivity contribution in [3.63, 3.8) is 0 Å². The van der Waals surface area contributed by atoms with Crippen LogP contribution in [0.1, 0.15) is 42.6 Å². The van der Waals surface area contributed by atoms with Gasteiger partial charge in [0.05, 0.1) is 18.8 Å². The second-order valence-corrected chi connectivity index (χ2v) is 7.15. The number of aromatic nitrogens is 1. The molecule has 6 nitrogen and oxygen atoms in total. The Morgan fingerprint density at radius 1 is 1.22 bits per heavy atom. The number of phenolic OH excluding ortho intramolecular Hbond substituents is 1. The lowest BCUT2D eigenvalue weighted by molar-refractivity contribution is -0.0348. The summed E-state index contributed by atoms with van der Waals surface area (Å²) < 4.78 is 5.07. The molecular formula is C21H28N2O4. The van der Waals surface area contributed by atoms with Crippen LogP contribution >= 0.6 is 0 Å². The minimum atomic E-state index is -0.912. The first-order chi connectivity index (χ1) is 13.0. The number of β-amino-alcohol motifs (C(OH)–C–C–N with tert-alkyl or cyclic N) is 1. The SMILES string of the molecule is CCc1cccc(C(O)CN2CCC(O)(c3ccc(OC)nc3)CC2)c1O. The Kier molecular flexibility index (Phi) is 5.99. The average molecular weight is 372 g/mol. The molecule has 0 aliphatic carbocycles. The number of aliphatic hydroxyl groups excluding tert-OH is 1. The zero-order valence-corrected chi connectivity index (χ0v) is 15.9. The van der Waals surface area contributed by atoms with Crippen LogP contribution in [0.15, 0.2) is 36.5 Å². The quantitative estimate of drug-likeness (QED) is 0.722. The largest absolute Gasteiger partial charge is 0.507 e. The molecule has 0 radical (unpaired) electrons. The Morgan fingerprint density at radius 2 is 1.96 bits per heavy atom. The van der Waals surface area contributed by atoms with E-state index in [1.165, 1.54) is 0 Å². The van der Waals surface area contributed by atoms with Gasteiger partial charge in [0, 0.05) is 43.0 Å². The fraction of sp³-hybridized carbons (Fsp3) is 0.476. The van der Waals surface area contributed by atoms with Crippen LogP contribution in [0.2, 0.25) is 0 Å². The number of aromatic hydroxyl groups is 1. The van der Waals surface area contributed by atoms with E-state index >= 15 is 0 Å². The third-order valence-corrected chi connectivity index (χ3v) is 5.49. The predicted octanol–water partition coefficient (Wildman–Crippen LogP) is 2.38. The molecule has 1 aromatic carbocycles. The molecule has 1 fully saturated rings. The van der Waals surface area contributed by atoms with E-state index in [0.717, 1.165) is 17.5 Å². The number of piperidine rings is 1. The monoisotopic (exact) mass is 372 g/mol. The summed E-state index contributed by atoms with van der Waals surface area (Å²) in [7, 11) is 1.56. The zero-order chi connectivity index (χ0) is 19.4. The zero-order valence-electron chi connectivity index (χ0n) is 15.9. The maximum absolute atomic E-state index is 11.0. The van der Waals surface area contributed by atoms with Gasteiger partial charge in [-0.2, -0.15) is 0 Å². The summed E-state index contributed by atoms with van der Waals surface area (Å²) in [5.74, 6) is 0.711. The lowest BCUT2D eigenvalue weighted by Gasteiger charge is -2.39. The van der Waals surface area contributed by atoms with Gasteiger partial charge in [0.25, 0.3) is 0 Å². The Labute approximate surface area is 160 Å². The predicted molar refractivity (Wildman–Crippen MR) is 103 cm³/mol. The first kappa shape index (κ1) is 19.6. The maximum atomic E-state index is 11.0. The summed E-state index contributed by atoms with van der Waals surface area (Å²) in [4.78, 5) is 6.31. The number of rotatable bonds is 6. The third kappa shape index (κ3) is 4.24. The van der Waals surface area contributed by atoms with E-state index in [0.29, 0.717) is 43.9 Å². The van der Waals surface area contributed by atoms with Crippen molar-refractivity contribution in [3.8, 4) is 11.6 Å². The molecule has 3 rings (SSSR count). The van der Waals surface area contributed by atoms with Crippen molar-refractivity contribution in [2.24, 2.45) is 0 Å². The van der Waals surface area contributed by atoms with Gasteiger partial charge in [0.15, 0.2) is 0 Å². The van der Waals surface area contributed by atoms with Gasteiger partial charge < -0.3 is 25.0 Å². The number of aryl methyl sites for hydroxylation is 1. The van der Waals surface area contributed by atoms with Crippen LogP contribution < -0.4 is 4.74 Å². The van der Waals surface area contributed by atoms with Gasteiger partial charge in [-0.15, -0.1) is 0 Å². The van der Waals surface area contributed by atoms with Crippen LogP contribution in [0.25, 0.3) is 0 Å². The van der Waals surface area contributed by atoms with E-state index in [2.05, 4.69) is 9.88 Å². The number of hydrogen-bond donors (Lipinski definition) is 3. The summed E-state index contributed by atoms with van der Waals surface area (Å²) in [5, 5.41) is 31.9. The number of hydrogen-bond acceptors (Lipinski definition) is 6. The van der Waals surface area contributed by atoms with Gasteiger partial charge in [-0.3, -0.25) is 0 Å². The first-order valence-corrected chi connectivity index (χ1v) is 9.41. The molecule has 1 saturated heterocycles. The van der Waals surface area contributed by atoms with Crippen LogP contribution in [0, 0.1) is 0 Å². The highest BCUT2D eigenvalue weighted by Gasteiger charge is 2.35. The van der Waals surface area contributed by atoms with Crippen molar-refractivity contribution in [1.29, 1.82) is 0 Å². The molecule has 0 amide bonds. The molecule has 2 heterocycles. The molecule has 3 N–H and O–H groups in total. The highest BCUT2D eigenvalue weighted by molar-refractivity contribution is 5.41. The van der Waals surface area contributed by atoms with Crippen LogP contribution in [-0.2, 0) is 12.0 Å². The van der Waals surface area contributed by atoms with Crippen molar-refractivity contribution in [1.82, 2.24) is 9.88 Å². The fourth-order valence-corrected chi connectivity index (χ4v) is 3.68. The van der Waals surface area contributed by atoms with E-state index in [-0.39, 0.29) is 5.75 Å². The van der Waals surface area contributed by atoms with Crippen LogP contribution in [0.4, 0.5) is 0 Å². The Hall–Kier alpha value is -2.15. The maximum Gasteiger partial charge on any atom is 0.212 e. The molecule has 1 unspecified atom stereocenters. The number of pyridine rings is 1. The summed E-state index contributed by atoms with van der Waals surface area (Å²) >= 11 is 0. The van der Waals surface area contributed by atoms with E-state index in [4.69, 9.17) is 4.74 Å². The number of methoxy groups -OCH3 is 1. The molecule has 27 heavy (non-hydrogen) atoms. The molecule has 6 heteroatoms. The lowest BCUT2D eigenvalue weighted by atomic mass is 9.85. The van der Waals surface area contributed by atoms with Crippen molar-refractivity contribution in [3.05, 3.63) is 53.2 Å². The number of ether oxygens (including phenoxy) is 1. The van der Waals surface area contributed by atoms with Crippen molar-refractivity contribution >= 4 is 0 Å². The summed E-state index contributed by atoms with van der Waals surface area (Å²) in [6, 6.07) is 9.11. The minimum absolute atomic E-state index is 0.185. The van der Waals surface area contributed by atoms with Crippen LogP contribution in [-0.4, -0.2) is 51.9 Å². The smallest absolute Gasteiger partial charge is 0.212 e. The Morgan fingerprint density at radius 3 is 2.56 bits per heavy atom. The van der Waals surface area contributed by atoms with Crippen molar-refractivity contribution in [2.75, 3.05) is 26.7 Å². The van der Waals surface area contributed by atoms with Crippen molar-refractivity contribution in [2.45, 2.75) is 37.9 Å². The molecule has 1 aliphatic rings. The van der Waals surface area contributed by atoms with E-state index in [1.54, 1.807) is 25.4 Å². The number of likely N-dealkylation sites (tertiary alicyclic amines) is 1. The second-order valence-electron chi connectivity index (χ2n) is 7.15. The van der Waals surface area contributed by atoms with Crippen LogP contribution in [0.5, 0.6) is 11.6 Å². The van der Waals surface area contributed by atoms with E-state index < -0.39 is 11.7 Å². The Balaban J connectivity index is 1.62. The average Bonchev–Trinajstić information content (AvgIpc) is 2.70. The van der Waals surface area contributed by atoms with E-state index in [9.17, 15) is 15.3 Å². The number of nitrogens with zero attached hydrogens (tertiary/aromatic N) is 2. The number of aliphatic hydroxyl groups is 2. The molecular weight excluding hydrogens is 344 g/mol. The van der Waals surface area contributed by atoms with E-state index in [1.807, 2.05) is 25.1 Å². The molecule has 1 atom stereocenters. The standard InChI is InChI=1S/C21H28N2O4/c1-3-15-5-4-6-17(20(15)25)18(24)14-23-11-9-21(26,10-12-23)16-7-8-19(27-2)22-13-16/h4-8,13,18,24-26H,3,9-12,14H2,1-2H3. The fourth-order valence-electron chi connectivity index (χ4n) is 3.68. The molecule has 1 aliphatic heterocycles. The van der Waals surface area contributed by atoms with Crippen LogP contribution in [0.3, 0.4) is 0 Å². The second kappa shape index (κ2) is 8.25. The van der Waals surface area contributed by atoms with Gasteiger partial charge in [-0.1, -0.05) is 25.1 Å². The van der Waals surface area contributed by atoms with Gasteiger partial charge in [-0.25, -0.2) is 4.98 Å². The summed E-state index contributed by atoms with van der Waals surface area (Å²) in [6.07, 6.45) is 2.76. The number of para-hydroxylation sites is 1. The summed E-state index contributed by atoms with van der Waals surface area (Å²) in [5.41, 5.74) is 1.28. The molecule has 0 bridgehead atoms. The van der Waals surface area contributed by atoms with Gasteiger partial charge in [0.1, 0.15) is 5.75 Å². The summed E-state index contributed by atoms with van der Waals surface area (Å²) in [6.45, 7) is 3.73. The van der Waals surface area contributed by atoms with Gasteiger partial charge >= 0.3 is 0 Å². The molecule has 2 aromatic rings. The van der Waals surface area contributed by atoms with Gasteiger partial charge in [0.2, 0.25) is 5.88 Å². The highest BCUT2D eigenvalue weighted by atomic mass is 16.5. The molecule has 0 saturated carbocycles. The number of phenols is 1. The molecule has 0 spiro atoms. The normalized spacial score (nSPS) is 18.2. The topological polar surface area (TPSA) is 86.1 Å². The minimum Gasteiger partial charge on any atom is -0.507 e. The molecule has 1 aromatic heterocycles. The highest BCUT2D eigenvalue weighted by Crippen LogP contribution is 2.34. The third-order valence-electron chi connectivity index (χ3n) is 5.49. The first-order valence-electron chi connectivity index (χ1n) is 9.41. The van der Waals surface area contributed by atoms with Crippen molar-refractivity contribution < 1.29 is 20.1 Å². The molecule has 146 valence electrons.